The van der Waals surface area contributed by atoms with Gasteiger partial charge in [0, 0.05) is 25.2 Å². The molecule has 6 heteroatoms. The summed E-state index contributed by atoms with van der Waals surface area (Å²) in [5.41, 5.74) is 7.67. The maximum absolute atomic E-state index is 13.5. The summed E-state index contributed by atoms with van der Waals surface area (Å²) in [5, 5.41) is 7.28. The lowest BCUT2D eigenvalue weighted by Gasteiger charge is -2.08. The first kappa shape index (κ1) is 13.3. The van der Waals surface area contributed by atoms with Gasteiger partial charge in [0.15, 0.2) is 0 Å². The van der Waals surface area contributed by atoms with Crippen LogP contribution in [0.5, 0.6) is 0 Å². The Balaban J connectivity index is 2.16. The molecule has 0 radical (unpaired) electrons. The van der Waals surface area contributed by atoms with Crippen molar-refractivity contribution in [1.82, 2.24) is 9.78 Å². The van der Waals surface area contributed by atoms with Crippen LogP contribution >= 0.6 is 0 Å². The predicted molar refractivity (Wildman–Crippen MR) is 70.7 cm³/mol. The summed E-state index contributed by atoms with van der Waals surface area (Å²) in [6, 6.07) is 3.50. The predicted octanol–water partition coefficient (Wildman–Crippen LogP) is 2.46. The van der Waals surface area contributed by atoms with E-state index in [0.717, 1.165) is 18.2 Å². The average molecular weight is 266 g/mol. The molecule has 0 spiro atoms. The second-order valence-electron chi connectivity index (χ2n) is 4.28. The molecule has 0 aliphatic rings. The van der Waals surface area contributed by atoms with Crippen molar-refractivity contribution in [3.05, 3.63) is 41.1 Å². The number of halogens is 2. The van der Waals surface area contributed by atoms with E-state index in [1.54, 1.807) is 11.7 Å². The second-order valence-corrected chi connectivity index (χ2v) is 4.28. The molecule has 0 amide bonds. The lowest BCUT2D eigenvalue weighted by molar-refractivity contribution is 0.573. The van der Waals surface area contributed by atoms with Gasteiger partial charge >= 0.3 is 0 Å². The third kappa shape index (κ3) is 2.67. The van der Waals surface area contributed by atoms with Crippen molar-refractivity contribution >= 4 is 11.5 Å². The fourth-order valence-corrected chi connectivity index (χ4v) is 1.91. The van der Waals surface area contributed by atoms with E-state index in [2.05, 4.69) is 10.4 Å². The van der Waals surface area contributed by atoms with E-state index >= 15 is 0 Å². The summed E-state index contributed by atoms with van der Waals surface area (Å²) in [4.78, 5) is 0. The van der Waals surface area contributed by atoms with Crippen LogP contribution in [0.25, 0.3) is 0 Å². The van der Waals surface area contributed by atoms with Crippen molar-refractivity contribution < 1.29 is 8.78 Å². The van der Waals surface area contributed by atoms with Gasteiger partial charge < -0.3 is 11.1 Å². The molecule has 3 N–H and O–H groups in total. The number of nitrogens with two attached hydrogens (primary N) is 1. The Labute approximate surface area is 110 Å². The Hall–Kier alpha value is -2.11. The highest BCUT2D eigenvalue weighted by molar-refractivity contribution is 5.65. The van der Waals surface area contributed by atoms with Crippen LogP contribution in [0.15, 0.2) is 18.2 Å². The van der Waals surface area contributed by atoms with Gasteiger partial charge in [0.2, 0.25) is 0 Å². The number of aryl methyl sites for hydroxylation is 2. The molecule has 1 heterocycles. The molecule has 2 rings (SSSR count). The van der Waals surface area contributed by atoms with Gasteiger partial charge in [-0.2, -0.15) is 5.10 Å². The van der Waals surface area contributed by atoms with Crippen molar-refractivity contribution in [2.75, 3.05) is 11.1 Å². The Morgan fingerprint density at radius 1 is 1.37 bits per heavy atom. The van der Waals surface area contributed by atoms with Gasteiger partial charge in [-0.15, -0.1) is 0 Å². The van der Waals surface area contributed by atoms with E-state index in [-0.39, 0.29) is 6.54 Å². The van der Waals surface area contributed by atoms with Crippen molar-refractivity contribution in [3.63, 3.8) is 0 Å². The zero-order valence-electron chi connectivity index (χ0n) is 10.9. The van der Waals surface area contributed by atoms with E-state index in [4.69, 9.17) is 5.73 Å². The van der Waals surface area contributed by atoms with Gasteiger partial charge in [0.05, 0.1) is 11.4 Å². The number of aromatic nitrogens is 2. The second kappa shape index (κ2) is 5.26. The molecule has 2 aromatic rings. The Kier molecular flexibility index (Phi) is 3.69. The van der Waals surface area contributed by atoms with E-state index < -0.39 is 11.6 Å². The fourth-order valence-electron chi connectivity index (χ4n) is 1.91. The molecule has 102 valence electrons. The molecule has 1 aromatic heterocycles. The standard InChI is InChI=1S/C13H16F2N4/c1-3-11-12(16)13(19(2)18-11)17-7-8-4-5-9(14)6-10(8)15/h4-6,17H,3,7,16H2,1-2H3. The quantitative estimate of drug-likeness (QED) is 0.893. The highest BCUT2D eigenvalue weighted by Crippen LogP contribution is 2.23. The molecule has 0 bridgehead atoms. The number of benzene rings is 1. The SMILES string of the molecule is CCc1nn(C)c(NCc2ccc(F)cc2F)c1N. The zero-order chi connectivity index (χ0) is 14.0. The molecule has 0 saturated heterocycles. The van der Waals surface area contributed by atoms with Crippen LogP contribution in [0, 0.1) is 11.6 Å². The van der Waals surface area contributed by atoms with Crippen LogP contribution in [-0.2, 0) is 20.0 Å². The summed E-state index contributed by atoms with van der Waals surface area (Å²) in [5.74, 6) is -0.529. The number of anilines is 2. The average Bonchev–Trinajstić information content (AvgIpc) is 2.64. The van der Waals surface area contributed by atoms with Gasteiger partial charge in [-0.3, -0.25) is 4.68 Å². The zero-order valence-corrected chi connectivity index (χ0v) is 10.9. The Morgan fingerprint density at radius 3 is 2.68 bits per heavy atom. The number of hydrogen-bond donors (Lipinski definition) is 2. The van der Waals surface area contributed by atoms with Crippen molar-refractivity contribution in [3.8, 4) is 0 Å². The summed E-state index contributed by atoms with van der Waals surface area (Å²) in [6.45, 7) is 2.18. The minimum absolute atomic E-state index is 0.221. The van der Waals surface area contributed by atoms with Crippen molar-refractivity contribution in [2.45, 2.75) is 19.9 Å². The lowest BCUT2D eigenvalue weighted by Crippen LogP contribution is -2.07. The molecule has 4 nitrogen and oxygen atoms in total. The minimum atomic E-state index is -0.588. The molecule has 0 atom stereocenters. The molecule has 0 unspecified atom stereocenters. The molecule has 0 fully saturated rings. The molecule has 19 heavy (non-hydrogen) atoms. The van der Waals surface area contributed by atoms with Crippen LogP contribution in [0.3, 0.4) is 0 Å². The van der Waals surface area contributed by atoms with Crippen LogP contribution in [-0.4, -0.2) is 9.78 Å². The Bertz CT molecular complexity index is 593. The normalized spacial score (nSPS) is 10.7. The van der Waals surface area contributed by atoms with E-state index in [0.29, 0.717) is 17.1 Å². The Morgan fingerprint density at radius 2 is 2.11 bits per heavy atom. The molecule has 1 aromatic carbocycles. The molecule has 0 aliphatic carbocycles. The maximum Gasteiger partial charge on any atom is 0.148 e. The number of nitrogens with one attached hydrogen (secondary N) is 1. The highest BCUT2D eigenvalue weighted by atomic mass is 19.1. The van der Waals surface area contributed by atoms with Crippen LogP contribution < -0.4 is 11.1 Å². The van der Waals surface area contributed by atoms with Gasteiger partial charge in [-0.05, 0) is 12.5 Å². The first-order valence-electron chi connectivity index (χ1n) is 6.02. The molecular weight excluding hydrogens is 250 g/mol. The van der Waals surface area contributed by atoms with Crippen molar-refractivity contribution in [1.29, 1.82) is 0 Å². The molecular formula is C13H16F2N4. The number of nitrogen functional groups attached to an aromatic ring is 1. The van der Waals surface area contributed by atoms with Gasteiger partial charge in [-0.25, -0.2) is 8.78 Å². The van der Waals surface area contributed by atoms with Gasteiger partial charge in [0.1, 0.15) is 17.5 Å². The smallest absolute Gasteiger partial charge is 0.148 e. The third-order valence-electron chi connectivity index (χ3n) is 2.96. The maximum atomic E-state index is 13.5. The summed E-state index contributed by atoms with van der Waals surface area (Å²) >= 11 is 0. The largest absolute Gasteiger partial charge is 0.394 e. The number of rotatable bonds is 4. The minimum Gasteiger partial charge on any atom is -0.394 e. The number of hydrogen-bond acceptors (Lipinski definition) is 3. The van der Waals surface area contributed by atoms with Gasteiger partial charge in [-0.1, -0.05) is 13.0 Å². The van der Waals surface area contributed by atoms with E-state index in [1.165, 1.54) is 12.1 Å². The molecule has 0 saturated carbocycles. The van der Waals surface area contributed by atoms with Crippen LogP contribution in [0.1, 0.15) is 18.2 Å². The summed E-state index contributed by atoms with van der Waals surface area (Å²) in [7, 11) is 1.76. The summed E-state index contributed by atoms with van der Waals surface area (Å²) < 4.78 is 27.9. The topological polar surface area (TPSA) is 55.9 Å². The van der Waals surface area contributed by atoms with Crippen LogP contribution in [0.2, 0.25) is 0 Å². The number of nitrogens with zero attached hydrogens (tertiary/aromatic N) is 2. The first-order chi connectivity index (χ1) is 9.02. The fraction of sp³-hybridized carbons (Fsp3) is 0.308. The van der Waals surface area contributed by atoms with E-state index in [1.807, 2.05) is 6.92 Å². The highest BCUT2D eigenvalue weighted by Gasteiger charge is 2.12. The third-order valence-corrected chi connectivity index (χ3v) is 2.96. The first-order valence-corrected chi connectivity index (χ1v) is 6.02. The van der Waals surface area contributed by atoms with Crippen LogP contribution in [0.4, 0.5) is 20.3 Å². The van der Waals surface area contributed by atoms with Gasteiger partial charge in [0.25, 0.3) is 0 Å². The summed E-state index contributed by atoms with van der Waals surface area (Å²) in [6.07, 6.45) is 0.728. The van der Waals surface area contributed by atoms with E-state index in [9.17, 15) is 8.78 Å². The molecule has 0 aliphatic heterocycles. The lowest BCUT2D eigenvalue weighted by atomic mass is 10.2. The van der Waals surface area contributed by atoms with Crippen molar-refractivity contribution in [2.24, 2.45) is 7.05 Å². The monoisotopic (exact) mass is 266 g/mol.